The van der Waals surface area contributed by atoms with Crippen LogP contribution in [-0.4, -0.2) is 74.4 Å². The van der Waals surface area contributed by atoms with Crippen molar-refractivity contribution in [1.82, 2.24) is 24.4 Å². The first-order chi connectivity index (χ1) is 16.8. The SMILES string of the molecule is CNc1nn2c(=O)c(C(=O)NC3CC3)c(O)n(CC(C)C)c2c1/C=C/C(=O)N1CC2CCC(C1)O2. The second-order valence-electron chi connectivity index (χ2n) is 10.0. The standard InChI is InChI=1S/C24H32N6O5/c1-13(2)10-29-22-17(8-9-18(31)28-11-15-6-7-16(12-28)35-15)20(25-3)27-30(22)24(34)19(23(29)33)21(32)26-14-4-5-14/h8-9,13-16,33H,4-7,10-12H2,1-3H3,(H,25,27)(H,26,32)/b9-8+. The zero-order valence-corrected chi connectivity index (χ0v) is 20.3. The van der Waals surface area contributed by atoms with Gasteiger partial charge in [-0.1, -0.05) is 13.8 Å². The first-order valence-corrected chi connectivity index (χ1v) is 12.3. The van der Waals surface area contributed by atoms with E-state index in [9.17, 15) is 19.5 Å². The highest BCUT2D eigenvalue weighted by Crippen LogP contribution is 2.29. The number of rotatable bonds is 7. The number of aromatic hydroxyl groups is 1. The van der Waals surface area contributed by atoms with Crippen molar-refractivity contribution in [3.8, 4) is 5.88 Å². The van der Waals surface area contributed by atoms with E-state index in [2.05, 4.69) is 15.7 Å². The Morgan fingerprint density at radius 3 is 2.49 bits per heavy atom. The van der Waals surface area contributed by atoms with E-state index in [4.69, 9.17) is 4.74 Å². The summed E-state index contributed by atoms with van der Waals surface area (Å²) in [6.07, 6.45) is 6.91. The summed E-state index contributed by atoms with van der Waals surface area (Å²) in [7, 11) is 1.67. The molecule has 5 rings (SSSR count). The number of aromatic nitrogens is 3. The first-order valence-electron chi connectivity index (χ1n) is 12.3. The summed E-state index contributed by atoms with van der Waals surface area (Å²) in [4.78, 5) is 40.9. The van der Waals surface area contributed by atoms with E-state index in [0.717, 1.165) is 30.2 Å². The Morgan fingerprint density at radius 2 is 1.89 bits per heavy atom. The molecule has 2 unspecified atom stereocenters. The Labute approximate surface area is 202 Å². The summed E-state index contributed by atoms with van der Waals surface area (Å²) in [5, 5.41) is 21.2. The second-order valence-corrected chi connectivity index (χ2v) is 10.0. The maximum atomic E-state index is 13.3. The number of nitrogens with one attached hydrogen (secondary N) is 2. The van der Waals surface area contributed by atoms with Crippen LogP contribution in [0.5, 0.6) is 5.88 Å². The highest BCUT2D eigenvalue weighted by Gasteiger charge is 2.35. The number of hydrogen-bond acceptors (Lipinski definition) is 7. The van der Waals surface area contributed by atoms with Gasteiger partial charge in [-0.25, -0.2) is 0 Å². The summed E-state index contributed by atoms with van der Waals surface area (Å²) >= 11 is 0. The number of likely N-dealkylation sites (tertiary alicyclic amines) is 1. The fourth-order valence-corrected chi connectivity index (χ4v) is 4.87. The molecule has 35 heavy (non-hydrogen) atoms. The predicted molar refractivity (Wildman–Crippen MR) is 129 cm³/mol. The molecule has 2 saturated heterocycles. The summed E-state index contributed by atoms with van der Waals surface area (Å²) in [5.41, 5.74) is -0.229. The van der Waals surface area contributed by atoms with Crippen molar-refractivity contribution in [2.75, 3.05) is 25.5 Å². The average molecular weight is 485 g/mol. The third-order valence-corrected chi connectivity index (χ3v) is 6.71. The third-order valence-electron chi connectivity index (χ3n) is 6.71. The Balaban J connectivity index is 1.57. The minimum Gasteiger partial charge on any atom is -0.494 e. The van der Waals surface area contributed by atoms with Gasteiger partial charge in [-0.15, -0.1) is 5.10 Å². The zero-order valence-electron chi connectivity index (χ0n) is 20.3. The monoisotopic (exact) mass is 484 g/mol. The van der Waals surface area contributed by atoms with E-state index in [1.54, 1.807) is 18.0 Å². The molecule has 3 N–H and O–H groups in total. The van der Waals surface area contributed by atoms with Gasteiger partial charge in [0.25, 0.3) is 11.5 Å². The van der Waals surface area contributed by atoms with E-state index < -0.39 is 17.3 Å². The van der Waals surface area contributed by atoms with Crippen molar-refractivity contribution in [2.24, 2.45) is 5.92 Å². The van der Waals surface area contributed by atoms with Gasteiger partial charge < -0.3 is 25.4 Å². The smallest absolute Gasteiger partial charge is 0.291 e. The van der Waals surface area contributed by atoms with E-state index in [1.807, 2.05) is 13.8 Å². The Morgan fingerprint density at radius 1 is 1.20 bits per heavy atom. The largest absolute Gasteiger partial charge is 0.494 e. The number of carbonyl (C=O) groups excluding carboxylic acids is 2. The van der Waals surface area contributed by atoms with Gasteiger partial charge in [0, 0.05) is 38.8 Å². The molecule has 4 heterocycles. The molecular formula is C24H32N6O5. The van der Waals surface area contributed by atoms with Crippen LogP contribution in [0.2, 0.25) is 0 Å². The van der Waals surface area contributed by atoms with Crippen LogP contribution in [0.1, 0.15) is 55.5 Å². The Bertz CT molecular complexity index is 1250. The number of morpholine rings is 1. The summed E-state index contributed by atoms with van der Waals surface area (Å²) in [6, 6.07) is 0.0287. The molecule has 0 spiro atoms. The zero-order chi connectivity index (χ0) is 24.9. The minimum absolute atomic E-state index is 0.0287. The van der Waals surface area contributed by atoms with Crippen molar-refractivity contribution in [2.45, 2.75) is 64.3 Å². The first kappa shape index (κ1) is 23.4. The molecule has 11 nitrogen and oxygen atoms in total. The van der Waals surface area contributed by atoms with E-state index in [0.29, 0.717) is 36.7 Å². The van der Waals surface area contributed by atoms with E-state index in [1.165, 1.54) is 10.6 Å². The van der Waals surface area contributed by atoms with Crippen molar-refractivity contribution < 1.29 is 19.4 Å². The van der Waals surface area contributed by atoms with Crippen LogP contribution >= 0.6 is 0 Å². The lowest BCUT2D eigenvalue weighted by Gasteiger charge is -2.31. The number of carbonyl (C=O) groups is 2. The molecular weight excluding hydrogens is 452 g/mol. The maximum absolute atomic E-state index is 13.3. The fourth-order valence-electron chi connectivity index (χ4n) is 4.87. The third kappa shape index (κ3) is 4.40. The van der Waals surface area contributed by atoms with Crippen molar-refractivity contribution in [3.05, 3.63) is 27.6 Å². The molecule has 1 saturated carbocycles. The summed E-state index contributed by atoms with van der Waals surface area (Å²) in [6.45, 7) is 5.41. The minimum atomic E-state index is -0.706. The van der Waals surface area contributed by atoms with Crippen molar-refractivity contribution >= 4 is 29.4 Å². The maximum Gasteiger partial charge on any atom is 0.291 e. The molecule has 188 valence electrons. The van der Waals surface area contributed by atoms with Gasteiger partial charge in [0.1, 0.15) is 0 Å². The van der Waals surface area contributed by atoms with E-state index in [-0.39, 0.29) is 35.6 Å². The average Bonchev–Trinajstić information content (AvgIpc) is 3.46. The number of nitrogens with zero attached hydrogens (tertiary/aromatic N) is 4. The normalized spacial score (nSPS) is 21.9. The highest BCUT2D eigenvalue weighted by molar-refractivity contribution is 5.97. The Hall–Kier alpha value is -3.34. The fraction of sp³-hybridized carbons (Fsp3) is 0.583. The lowest BCUT2D eigenvalue weighted by Crippen LogP contribution is -2.45. The molecule has 3 aliphatic rings. The number of fused-ring (bicyclic) bond motifs is 3. The molecule has 2 amide bonds. The lowest BCUT2D eigenvalue weighted by molar-refractivity contribution is -0.134. The van der Waals surface area contributed by atoms with Crippen LogP contribution in [0.4, 0.5) is 5.82 Å². The van der Waals surface area contributed by atoms with Crippen LogP contribution < -0.4 is 16.2 Å². The van der Waals surface area contributed by atoms with Gasteiger partial charge in [-0.2, -0.15) is 4.52 Å². The molecule has 2 aromatic rings. The van der Waals surface area contributed by atoms with Gasteiger partial charge in [0.15, 0.2) is 17.0 Å². The Kier molecular flexibility index (Phi) is 6.04. The quantitative estimate of drug-likeness (QED) is 0.504. The highest BCUT2D eigenvalue weighted by atomic mass is 16.5. The second kappa shape index (κ2) is 9.03. The van der Waals surface area contributed by atoms with Gasteiger partial charge in [0.05, 0.1) is 17.8 Å². The molecule has 1 aliphatic carbocycles. The van der Waals surface area contributed by atoms with Crippen LogP contribution in [0, 0.1) is 5.92 Å². The number of amides is 2. The molecule has 2 bridgehead atoms. The van der Waals surface area contributed by atoms with Gasteiger partial charge >= 0.3 is 0 Å². The summed E-state index contributed by atoms with van der Waals surface area (Å²) in [5.74, 6) is -0.687. The van der Waals surface area contributed by atoms with Gasteiger partial charge in [-0.3, -0.25) is 19.0 Å². The molecule has 11 heteroatoms. The number of hydrogen-bond donors (Lipinski definition) is 3. The van der Waals surface area contributed by atoms with Crippen LogP contribution in [0.15, 0.2) is 10.9 Å². The molecule has 2 aromatic heterocycles. The summed E-state index contributed by atoms with van der Waals surface area (Å²) < 4.78 is 8.48. The van der Waals surface area contributed by atoms with Crippen LogP contribution in [-0.2, 0) is 16.1 Å². The topological polar surface area (TPSA) is 130 Å². The van der Waals surface area contributed by atoms with Crippen LogP contribution in [0.3, 0.4) is 0 Å². The molecule has 0 aromatic carbocycles. The predicted octanol–water partition coefficient (Wildman–Crippen LogP) is 1.19. The van der Waals surface area contributed by atoms with Crippen LogP contribution in [0.25, 0.3) is 11.7 Å². The van der Waals surface area contributed by atoms with Crippen molar-refractivity contribution in [1.29, 1.82) is 0 Å². The molecule has 3 fully saturated rings. The number of anilines is 1. The van der Waals surface area contributed by atoms with E-state index >= 15 is 0 Å². The van der Waals surface area contributed by atoms with Gasteiger partial charge in [-0.05, 0) is 37.7 Å². The molecule has 2 aliphatic heterocycles. The number of ether oxygens (including phenoxy) is 1. The van der Waals surface area contributed by atoms with Gasteiger partial charge in [0.2, 0.25) is 11.8 Å². The lowest BCUT2D eigenvalue weighted by atomic mass is 10.2. The molecule has 2 atom stereocenters. The molecule has 0 radical (unpaired) electrons. The van der Waals surface area contributed by atoms with Crippen molar-refractivity contribution in [3.63, 3.8) is 0 Å².